The van der Waals surface area contributed by atoms with Crippen molar-refractivity contribution in [2.45, 2.75) is 199 Å². The van der Waals surface area contributed by atoms with Crippen molar-refractivity contribution in [2.75, 3.05) is 80.4 Å². The van der Waals surface area contributed by atoms with Gasteiger partial charge in [0.25, 0.3) is 10.1 Å². The van der Waals surface area contributed by atoms with Gasteiger partial charge < -0.3 is 87.8 Å². The lowest BCUT2D eigenvalue weighted by Crippen LogP contribution is -2.61. The quantitative estimate of drug-likeness (QED) is 0.0258. The topological polar surface area (TPSA) is 321 Å². The predicted octanol–water partition coefficient (Wildman–Crippen LogP) is 3.45. The van der Waals surface area contributed by atoms with Crippen molar-refractivity contribution in [3.63, 3.8) is 0 Å². The standard InChI is InChI=1S/C59H98N4O21S/c1-16-45-59(11,71)51(66)36(5)47(61-78-33-74-14)34(3)30-57(9,70)52(83-56-49(65)44(62(12)13)28-35(4)79-56)37(6)50(38(7)55(69)81-45)82-46-31-58(10,75-15)53(39(8)80-46)84-85(72,73)27-22-60-21-24-77-26-25-76-23-20-40-18-19-43-41(29-40)48(64)42(54(67)68)32-63(43)17-2/h18-19,29,32,34-39,44-46,49-53,56,60,65-66,70-71H,16-17,20-28,30-31,33H2,1-15H3,(H,67,68)/b61-47+/t34-,35-,36+,37+,38-,39+,44+,45-,46+,49-,50+,51-,52-,53+,56+,57-,58-,59-/m1/s1. The SMILES string of the molecule is CC[C@H]1OC(=O)[C@H](C)[C@@H](O[C@H]2C[C@@](C)(OC)[C@@H](OS(=O)(=O)CCNCCOCCOCCc3ccc4c(c3)c(=O)c(C(=O)O)cn4CC)[C@H](C)O2)[C@H](C)[C@@H](O[C@@H]2O[C@H](C)C[C@H](N(C)C)[C@H]2O)[C@](C)(O)C[C@@H](C)/C(=N\OCOC)[C@H](C)[C@@H](O)[C@]1(C)O. The summed E-state index contributed by atoms with van der Waals surface area (Å²) in [6, 6.07) is 4.99. The Kier molecular flexibility index (Phi) is 26.7. The van der Waals surface area contributed by atoms with Crippen LogP contribution in [0, 0.1) is 23.7 Å². The summed E-state index contributed by atoms with van der Waals surface area (Å²) in [5, 5.41) is 66.0. The lowest BCUT2D eigenvalue weighted by Gasteiger charge is -2.49. The number of aromatic carboxylic acids is 1. The molecule has 85 heavy (non-hydrogen) atoms. The van der Waals surface area contributed by atoms with Crippen LogP contribution in [0.25, 0.3) is 10.9 Å². The molecule has 3 aliphatic rings. The molecule has 3 fully saturated rings. The van der Waals surface area contributed by atoms with Gasteiger partial charge in [0, 0.05) is 75.7 Å². The Balaban J connectivity index is 1.27. The first-order valence-corrected chi connectivity index (χ1v) is 31.2. The number of carboxylic acids is 1. The van der Waals surface area contributed by atoms with Crippen LogP contribution in [0.2, 0.25) is 0 Å². The van der Waals surface area contributed by atoms with Gasteiger partial charge in [0.1, 0.15) is 29.5 Å². The van der Waals surface area contributed by atoms with Gasteiger partial charge in [-0.05, 0) is 106 Å². The first-order chi connectivity index (χ1) is 39.9. The third-order valence-corrected chi connectivity index (χ3v) is 18.2. The van der Waals surface area contributed by atoms with Crippen molar-refractivity contribution >= 4 is 38.7 Å². The normalized spacial score (nSPS) is 35.2. The third kappa shape index (κ3) is 18.4. The molecule has 0 amide bonds. The van der Waals surface area contributed by atoms with Gasteiger partial charge in [0.15, 0.2) is 12.6 Å². The molecule has 4 heterocycles. The molecule has 0 aliphatic carbocycles. The Morgan fingerprint density at radius 2 is 1.59 bits per heavy atom. The van der Waals surface area contributed by atoms with E-state index in [4.69, 9.17) is 51.7 Å². The summed E-state index contributed by atoms with van der Waals surface area (Å²) in [5.41, 5.74) is -4.33. The molecule has 3 aliphatic heterocycles. The third-order valence-electron chi connectivity index (χ3n) is 17.0. The molecule has 0 unspecified atom stereocenters. The zero-order chi connectivity index (χ0) is 63.4. The number of esters is 1. The number of hydrogen-bond donors (Lipinski definition) is 6. The van der Waals surface area contributed by atoms with E-state index >= 15 is 0 Å². The van der Waals surface area contributed by atoms with Crippen molar-refractivity contribution in [3.8, 4) is 0 Å². The fraction of sp³-hybridized carbons (Fsp3) is 0.797. The molecular weight excluding hydrogens is 1130 g/mol. The minimum atomic E-state index is -4.21. The van der Waals surface area contributed by atoms with Gasteiger partial charge in [-0.25, -0.2) is 4.79 Å². The van der Waals surface area contributed by atoms with Crippen LogP contribution in [-0.4, -0.2) is 226 Å². The van der Waals surface area contributed by atoms with Crippen LogP contribution in [0.1, 0.15) is 118 Å². The highest BCUT2D eigenvalue weighted by Gasteiger charge is 2.54. The summed E-state index contributed by atoms with van der Waals surface area (Å²) in [4.78, 5) is 46.5. The number of ether oxygens (including phenoxy) is 9. The number of aliphatic hydroxyl groups excluding tert-OH is 2. The Labute approximate surface area is 500 Å². The highest BCUT2D eigenvalue weighted by Crippen LogP contribution is 2.42. The van der Waals surface area contributed by atoms with Crippen LogP contribution in [-0.2, 0) is 79.5 Å². The number of pyridine rings is 1. The van der Waals surface area contributed by atoms with Gasteiger partial charge in [0.05, 0.1) is 91.0 Å². The van der Waals surface area contributed by atoms with Gasteiger partial charge in [-0.1, -0.05) is 38.9 Å². The molecule has 3 saturated heterocycles. The molecule has 26 heteroatoms. The maximum atomic E-state index is 14.7. The van der Waals surface area contributed by atoms with Crippen molar-refractivity contribution in [3.05, 3.63) is 45.7 Å². The average Bonchev–Trinajstić information content (AvgIpc) is 2.51. The van der Waals surface area contributed by atoms with E-state index < -0.39 is 135 Å². The molecule has 5 rings (SSSR count). The van der Waals surface area contributed by atoms with E-state index in [0.29, 0.717) is 43.4 Å². The molecule has 0 bridgehead atoms. The molecule has 6 N–H and O–H groups in total. The summed E-state index contributed by atoms with van der Waals surface area (Å²) in [6.07, 6.45) is -9.29. The zero-order valence-corrected chi connectivity index (χ0v) is 53.2. The largest absolute Gasteiger partial charge is 0.477 e. The van der Waals surface area contributed by atoms with E-state index in [1.807, 2.05) is 38.9 Å². The molecule has 1 aromatic carbocycles. The number of likely N-dealkylation sites (N-methyl/N-ethyl adjacent to an activating group) is 1. The number of aromatic nitrogens is 1. The first kappa shape index (κ1) is 71.9. The van der Waals surface area contributed by atoms with Gasteiger partial charge in [0.2, 0.25) is 12.2 Å². The zero-order valence-electron chi connectivity index (χ0n) is 52.4. The van der Waals surface area contributed by atoms with Crippen LogP contribution in [0.15, 0.2) is 34.3 Å². The van der Waals surface area contributed by atoms with E-state index in [2.05, 4.69) is 10.5 Å². The number of fused-ring (bicyclic) bond motifs is 1. The van der Waals surface area contributed by atoms with Crippen molar-refractivity contribution < 1.29 is 95.2 Å². The van der Waals surface area contributed by atoms with Crippen LogP contribution in [0.3, 0.4) is 0 Å². The lowest BCUT2D eigenvalue weighted by atomic mass is 9.73. The van der Waals surface area contributed by atoms with Gasteiger partial charge in [-0.2, -0.15) is 8.42 Å². The van der Waals surface area contributed by atoms with Crippen LogP contribution < -0.4 is 10.7 Å². The van der Waals surface area contributed by atoms with E-state index in [0.717, 1.165) is 5.56 Å². The van der Waals surface area contributed by atoms with E-state index in [1.165, 1.54) is 27.3 Å². The second kappa shape index (κ2) is 31.6. The number of methoxy groups -OCH3 is 2. The second-order valence-electron chi connectivity index (χ2n) is 24.0. The number of carbonyl (C=O) groups excluding carboxylic acids is 1. The Morgan fingerprint density at radius 1 is 0.906 bits per heavy atom. The molecule has 25 nitrogen and oxygen atoms in total. The van der Waals surface area contributed by atoms with Crippen LogP contribution in [0.4, 0.5) is 0 Å². The number of cyclic esters (lactones) is 1. The minimum Gasteiger partial charge on any atom is -0.477 e. The Bertz CT molecular complexity index is 2670. The van der Waals surface area contributed by atoms with Crippen molar-refractivity contribution in [1.82, 2.24) is 14.8 Å². The Morgan fingerprint density at radius 3 is 2.21 bits per heavy atom. The summed E-state index contributed by atoms with van der Waals surface area (Å²) < 4.78 is 89.9. The molecule has 486 valence electrons. The monoisotopic (exact) mass is 1230 g/mol. The molecular formula is C59H98N4O21S. The molecule has 2 aromatic rings. The smallest absolute Gasteiger partial charge is 0.341 e. The van der Waals surface area contributed by atoms with Gasteiger partial charge in [-0.15, -0.1) is 0 Å². The fourth-order valence-corrected chi connectivity index (χ4v) is 13.3. The summed E-state index contributed by atoms with van der Waals surface area (Å²) in [5.74, 6) is -6.24. The summed E-state index contributed by atoms with van der Waals surface area (Å²) >= 11 is 0. The number of nitrogens with one attached hydrogen (secondary N) is 1. The molecule has 18 atom stereocenters. The van der Waals surface area contributed by atoms with Crippen molar-refractivity contribution in [2.24, 2.45) is 28.8 Å². The minimum absolute atomic E-state index is 0.0294. The highest BCUT2D eigenvalue weighted by molar-refractivity contribution is 7.86. The van der Waals surface area contributed by atoms with E-state index in [9.17, 15) is 48.3 Å². The Hall–Kier alpha value is -3.81. The highest BCUT2D eigenvalue weighted by atomic mass is 32.2. The lowest BCUT2D eigenvalue weighted by molar-refractivity contribution is -0.316. The van der Waals surface area contributed by atoms with Gasteiger partial charge >= 0.3 is 11.9 Å². The molecule has 0 saturated carbocycles. The number of carboxylic acid groups (broad SMARTS) is 1. The number of aliphatic hydroxyl groups is 4. The van der Waals surface area contributed by atoms with Crippen molar-refractivity contribution in [1.29, 1.82) is 0 Å². The van der Waals surface area contributed by atoms with Crippen LogP contribution in [0.5, 0.6) is 0 Å². The summed E-state index contributed by atoms with van der Waals surface area (Å²) in [7, 11) is 2.29. The average molecular weight is 1230 g/mol. The maximum absolute atomic E-state index is 14.7. The number of oxime groups is 1. The fourth-order valence-electron chi connectivity index (χ4n) is 12.1. The van der Waals surface area contributed by atoms with Crippen LogP contribution >= 0.6 is 0 Å². The maximum Gasteiger partial charge on any atom is 0.341 e. The number of carbonyl (C=O) groups is 2. The van der Waals surface area contributed by atoms with E-state index in [1.54, 1.807) is 72.1 Å². The number of nitrogens with zero attached hydrogens (tertiary/aromatic N) is 3. The van der Waals surface area contributed by atoms with Gasteiger partial charge in [-0.3, -0.25) is 13.8 Å². The summed E-state index contributed by atoms with van der Waals surface area (Å²) in [6.45, 7) is 20.1. The number of benzene rings is 1. The number of rotatable bonds is 26. The second-order valence-corrected chi connectivity index (χ2v) is 25.7. The molecule has 0 radical (unpaired) electrons. The number of aryl methyl sites for hydroxylation is 1. The molecule has 1 aromatic heterocycles. The predicted molar refractivity (Wildman–Crippen MR) is 313 cm³/mol. The van der Waals surface area contributed by atoms with E-state index in [-0.39, 0.29) is 69.8 Å². The first-order valence-electron chi connectivity index (χ1n) is 29.6. The number of hydrogen-bond acceptors (Lipinski definition) is 23. The molecule has 0 spiro atoms.